The van der Waals surface area contributed by atoms with Crippen molar-refractivity contribution < 1.29 is 17.9 Å². The number of hydrogen-bond acceptors (Lipinski definition) is 6. The summed E-state index contributed by atoms with van der Waals surface area (Å²) in [4.78, 5) is 20.8. The predicted octanol–water partition coefficient (Wildman–Crippen LogP) is 1.61. The van der Waals surface area contributed by atoms with Crippen molar-refractivity contribution in [3.63, 3.8) is 0 Å². The van der Waals surface area contributed by atoms with Crippen molar-refractivity contribution in [1.82, 2.24) is 19.7 Å². The monoisotopic (exact) mass is 400 g/mol. The van der Waals surface area contributed by atoms with Crippen LogP contribution in [0.15, 0.2) is 53.9 Å². The normalized spacial score (nSPS) is 17.5. The van der Waals surface area contributed by atoms with Gasteiger partial charge in [-0.15, -0.1) is 0 Å². The van der Waals surface area contributed by atoms with Gasteiger partial charge in [-0.2, -0.15) is 0 Å². The average molecular weight is 400 g/mol. The first-order chi connectivity index (χ1) is 13.5. The summed E-state index contributed by atoms with van der Waals surface area (Å²) in [7, 11) is -3.40. The maximum Gasteiger partial charge on any atom is 0.254 e. The summed E-state index contributed by atoms with van der Waals surface area (Å²) in [6.45, 7) is 1.15. The van der Waals surface area contributed by atoms with E-state index in [4.69, 9.17) is 4.74 Å². The van der Waals surface area contributed by atoms with Gasteiger partial charge in [0.05, 0.1) is 22.3 Å². The van der Waals surface area contributed by atoms with Crippen LogP contribution >= 0.6 is 0 Å². The molecule has 8 nitrogen and oxygen atoms in total. The number of carbonyl (C=O) groups is 1. The van der Waals surface area contributed by atoms with Crippen molar-refractivity contribution in [3.05, 3.63) is 60.2 Å². The molecule has 1 N–H and O–H groups in total. The van der Waals surface area contributed by atoms with Gasteiger partial charge < -0.3 is 10.1 Å². The number of ether oxygens (including phenoxy) is 1. The Morgan fingerprint density at radius 1 is 1.25 bits per heavy atom. The second-order valence-corrected chi connectivity index (χ2v) is 8.92. The molecule has 0 aliphatic carbocycles. The zero-order chi connectivity index (χ0) is 19.6. The molecule has 28 heavy (non-hydrogen) atoms. The molecule has 1 atom stereocenters. The van der Waals surface area contributed by atoms with Crippen LogP contribution in [0.4, 0.5) is 0 Å². The second kappa shape index (κ2) is 7.69. The summed E-state index contributed by atoms with van der Waals surface area (Å²) in [6, 6.07) is 6.61. The van der Waals surface area contributed by atoms with Crippen molar-refractivity contribution in [1.29, 1.82) is 0 Å². The van der Waals surface area contributed by atoms with Crippen LogP contribution in [0, 0.1) is 0 Å². The lowest BCUT2D eigenvalue weighted by molar-refractivity contribution is 0.0950. The molecule has 9 heteroatoms. The summed E-state index contributed by atoms with van der Waals surface area (Å²) < 4.78 is 32.3. The number of nitrogens with zero attached hydrogens (tertiary/aromatic N) is 3. The summed E-state index contributed by atoms with van der Waals surface area (Å²) in [5.74, 6) is 0.260. The fourth-order valence-corrected chi connectivity index (χ4v) is 4.82. The van der Waals surface area contributed by atoms with Crippen LogP contribution in [0.1, 0.15) is 28.8 Å². The molecule has 2 aromatic heterocycles. The molecule has 1 aliphatic rings. The van der Waals surface area contributed by atoms with Gasteiger partial charge in [0.15, 0.2) is 9.84 Å². The number of benzene rings is 1. The molecule has 4 rings (SSSR count). The Balaban J connectivity index is 1.40. The molecule has 1 unspecified atom stereocenters. The predicted molar refractivity (Wildman–Crippen MR) is 102 cm³/mol. The zero-order valence-corrected chi connectivity index (χ0v) is 15.9. The highest BCUT2D eigenvalue weighted by atomic mass is 32.2. The molecule has 0 spiro atoms. The Hall–Kier alpha value is -2.78. The molecule has 146 valence electrons. The highest BCUT2D eigenvalue weighted by Gasteiger charge is 2.29. The van der Waals surface area contributed by atoms with E-state index in [1.807, 2.05) is 0 Å². The van der Waals surface area contributed by atoms with Crippen molar-refractivity contribution in [2.45, 2.75) is 29.5 Å². The van der Waals surface area contributed by atoms with Gasteiger partial charge in [-0.1, -0.05) is 12.1 Å². The molecule has 0 radical (unpaired) electrons. The molecule has 0 saturated carbocycles. The summed E-state index contributed by atoms with van der Waals surface area (Å²) >= 11 is 0. The van der Waals surface area contributed by atoms with E-state index < -0.39 is 15.1 Å². The number of sulfone groups is 1. The lowest BCUT2D eigenvalue weighted by Gasteiger charge is -2.22. The van der Waals surface area contributed by atoms with Crippen LogP contribution in [0.2, 0.25) is 0 Å². The van der Waals surface area contributed by atoms with Crippen LogP contribution < -0.4 is 5.32 Å². The quantitative estimate of drug-likeness (QED) is 0.698. The Morgan fingerprint density at radius 3 is 2.82 bits per heavy atom. The van der Waals surface area contributed by atoms with Crippen molar-refractivity contribution in [2.75, 3.05) is 13.2 Å². The Kier molecular flexibility index (Phi) is 5.10. The number of imidazole rings is 1. The highest BCUT2D eigenvalue weighted by molar-refractivity contribution is 7.92. The molecule has 1 aromatic carbocycles. The van der Waals surface area contributed by atoms with E-state index in [9.17, 15) is 13.2 Å². The Labute approximate surface area is 162 Å². The van der Waals surface area contributed by atoms with Crippen molar-refractivity contribution in [2.24, 2.45) is 0 Å². The first-order valence-electron chi connectivity index (χ1n) is 9.01. The number of hydrogen-bond donors (Lipinski definition) is 1. The number of aromatic nitrogens is 3. The van der Waals surface area contributed by atoms with Gasteiger partial charge in [0.1, 0.15) is 0 Å². The topological polar surface area (TPSA) is 103 Å². The second-order valence-electron chi connectivity index (χ2n) is 6.69. The third-order valence-electron chi connectivity index (χ3n) is 4.77. The molecule has 3 heterocycles. The van der Waals surface area contributed by atoms with E-state index >= 15 is 0 Å². The van der Waals surface area contributed by atoms with Gasteiger partial charge in [0.2, 0.25) is 5.78 Å². The van der Waals surface area contributed by atoms with Crippen LogP contribution in [0.5, 0.6) is 0 Å². The fourth-order valence-electron chi connectivity index (χ4n) is 3.16. The van der Waals surface area contributed by atoms with Crippen LogP contribution in [0.3, 0.4) is 0 Å². The zero-order valence-electron chi connectivity index (χ0n) is 15.1. The largest absolute Gasteiger partial charge is 0.380 e. The first-order valence-corrected chi connectivity index (χ1v) is 10.6. The summed E-state index contributed by atoms with van der Waals surface area (Å²) in [5, 5.41) is 2.32. The van der Waals surface area contributed by atoms with Gasteiger partial charge in [0.25, 0.3) is 5.91 Å². The van der Waals surface area contributed by atoms with E-state index in [1.165, 1.54) is 6.20 Å². The maximum atomic E-state index is 12.7. The number of carbonyl (C=O) groups excluding carboxylic acids is 1. The van der Waals surface area contributed by atoms with Crippen molar-refractivity contribution >= 4 is 21.5 Å². The molecule has 1 saturated heterocycles. The fraction of sp³-hybridized carbons (Fsp3) is 0.316. The van der Waals surface area contributed by atoms with Gasteiger partial charge >= 0.3 is 0 Å². The van der Waals surface area contributed by atoms with E-state index in [0.29, 0.717) is 24.4 Å². The van der Waals surface area contributed by atoms with Gasteiger partial charge in [0, 0.05) is 37.9 Å². The molecular weight excluding hydrogens is 380 g/mol. The van der Waals surface area contributed by atoms with Crippen molar-refractivity contribution in [3.8, 4) is 0 Å². The lowest BCUT2D eigenvalue weighted by atomic mass is 10.2. The van der Waals surface area contributed by atoms with E-state index in [-0.39, 0.29) is 24.0 Å². The molecular formula is C19H20N4O4S. The average Bonchev–Trinajstić information content (AvgIpc) is 3.21. The Morgan fingerprint density at radius 2 is 2.07 bits per heavy atom. The summed E-state index contributed by atoms with van der Waals surface area (Å²) in [6.07, 6.45) is 7.84. The van der Waals surface area contributed by atoms with Crippen LogP contribution in [0.25, 0.3) is 5.78 Å². The minimum Gasteiger partial charge on any atom is -0.380 e. The first kappa shape index (κ1) is 18.6. The smallest absolute Gasteiger partial charge is 0.254 e. The molecule has 1 amide bonds. The summed E-state index contributed by atoms with van der Waals surface area (Å²) in [5.41, 5.74) is 1.23. The van der Waals surface area contributed by atoms with E-state index in [1.54, 1.807) is 47.3 Å². The maximum absolute atomic E-state index is 12.7. The third kappa shape index (κ3) is 3.76. The number of fused-ring (bicyclic) bond motifs is 1. The number of nitrogens with one attached hydrogen (secondary N) is 1. The number of amides is 1. The third-order valence-corrected chi connectivity index (χ3v) is 6.95. The molecule has 0 bridgehead atoms. The lowest BCUT2D eigenvalue weighted by Crippen LogP contribution is -2.31. The van der Waals surface area contributed by atoms with E-state index in [0.717, 1.165) is 12.0 Å². The van der Waals surface area contributed by atoms with E-state index in [2.05, 4.69) is 15.3 Å². The van der Waals surface area contributed by atoms with Gasteiger partial charge in [-0.05, 0) is 30.5 Å². The van der Waals surface area contributed by atoms with Gasteiger partial charge in [-0.25, -0.2) is 18.4 Å². The standard InChI is InChI=1S/C19H20N4O4S/c24-18(15-11-22-19-20-7-8-23(19)12-15)21-10-14-3-5-16(6-4-14)28(25,26)17-2-1-9-27-13-17/h3-8,11-12,17H,1-2,9-10,13H2,(H,21,24). The number of rotatable bonds is 5. The molecule has 1 fully saturated rings. The molecule has 3 aromatic rings. The molecule has 1 aliphatic heterocycles. The SMILES string of the molecule is O=C(NCc1ccc(S(=O)(=O)C2CCCOC2)cc1)c1cnc2nccn2c1. The Bertz CT molecular complexity index is 1090. The van der Waals surface area contributed by atoms with Gasteiger partial charge in [-0.3, -0.25) is 9.20 Å². The van der Waals surface area contributed by atoms with Crippen LogP contribution in [-0.2, 0) is 21.1 Å². The highest BCUT2D eigenvalue weighted by Crippen LogP contribution is 2.23. The van der Waals surface area contributed by atoms with Crippen LogP contribution in [-0.4, -0.2) is 47.2 Å². The minimum absolute atomic E-state index is 0.245. The minimum atomic E-state index is -3.40.